The molecule has 0 aliphatic carbocycles. The lowest BCUT2D eigenvalue weighted by Gasteiger charge is -2.26. The van der Waals surface area contributed by atoms with Crippen LogP contribution >= 0.6 is 0 Å². The molecule has 0 amide bonds. The maximum atomic E-state index is 6.06. The van der Waals surface area contributed by atoms with Crippen LogP contribution in [0.15, 0.2) is 18.2 Å². The minimum Gasteiger partial charge on any atom is -0.515 e. The third-order valence-corrected chi connectivity index (χ3v) is 4.27. The van der Waals surface area contributed by atoms with E-state index in [-0.39, 0.29) is 0 Å². The van der Waals surface area contributed by atoms with Gasteiger partial charge in [0, 0.05) is 6.61 Å². The number of hydrogen-bond acceptors (Lipinski definition) is 4. The Balaban J connectivity index is 2.84. The Labute approximate surface area is 116 Å². The van der Waals surface area contributed by atoms with E-state index in [0.717, 1.165) is 19.4 Å². The van der Waals surface area contributed by atoms with E-state index in [2.05, 4.69) is 6.92 Å². The molecule has 19 heavy (non-hydrogen) atoms. The van der Waals surface area contributed by atoms with Crippen molar-refractivity contribution >= 4 is 8.56 Å². The number of ether oxygens (including phenoxy) is 2. The highest BCUT2D eigenvalue weighted by Crippen LogP contribution is 2.38. The molecule has 5 heteroatoms. The van der Waals surface area contributed by atoms with E-state index in [4.69, 9.17) is 18.3 Å². The summed E-state index contributed by atoms with van der Waals surface area (Å²) < 4.78 is 22.6. The molecule has 0 heterocycles. The van der Waals surface area contributed by atoms with Crippen LogP contribution in [-0.2, 0) is 4.43 Å². The summed E-state index contributed by atoms with van der Waals surface area (Å²) in [4.78, 5) is 0. The molecular weight excluding hydrogens is 260 g/mol. The lowest BCUT2D eigenvalue weighted by atomic mass is 10.3. The van der Waals surface area contributed by atoms with Crippen molar-refractivity contribution in [3.63, 3.8) is 0 Å². The van der Waals surface area contributed by atoms with Crippen molar-refractivity contribution < 1.29 is 18.3 Å². The molecular formula is C14H24O4Si. The van der Waals surface area contributed by atoms with E-state index in [9.17, 15) is 0 Å². The minimum atomic E-state index is -2.24. The van der Waals surface area contributed by atoms with Crippen LogP contribution in [0.25, 0.3) is 0 Å². The molecule has 0 spiro atoms. The third kappa shape index (κ3) is 4.76. The van der Waals surface area contributed by atoms with Crippen molar-refractivity contribution in [2.45, 2.75) is 32.9 Å². The van der Waals surface area contributed by atoms with Crippen LogP contribution < -0.4 is 13.9 Å². The van der Waals surface area contributed by atoms with Crippen LogP contribution in [0.4, 0.5) is 0 Å². The van der Waals surface area contributed by atoms with Gasteiger partial charge >= 0.3 is 8.56 Å². The molecule has 0 saturated heterocycles. The van der Waals surface area contributed by atoms with Gasteiger partial charge in [0.1, 0.15) is 0 Å². The van der Waals surface area contributed by atoms with E-state index in [1.165, 1.54) is 0 Å². The summed E-state index contributed by atoms with van der Waals surface area (Å²) in [6.45, 7) is 6.91. The van der Waals surface area contributed by atoms with Crippen LogP contribution in [0.2, 0.25) is 13.1 Å². The summed E-state index contributed by atoms with van der Waals surface area (Å²) in [7, 11) is 1.00. The second-order valence-corrected chi connectivity index (χ2v) is 7.99. The molecule has 0 bridgehead atoms. The molecule has 1 rings (SSSR count). The van der Waals surface area contributed by atoms with Crippen molar-refractivity contribution in [2.24, 2.45) is 0 Å². The first-order valence-electron chi connectivity index (χ1n) is 6.58. The van der Waals surface area contributed by atoms with Crippen LogP contribution in [-0.4, -0.2) is 29.4 Å². The smallest absolute Gasteiger partial charge is 0.392 e. The molecule has 0 fully saturated rings. The molecule has 0 atom stereocenters. The van der Waals surface area contributed by atoms with Crippen LogP contribution in [0.5, 0.6) is 17.2 Å². The fourth-order valence-electron chi connectivity index (χ4n) is 1.66. The highest BCUT2D eigenvalue weighted by atomic mass is 28.4. The van der Waals surface area contributed by atoms with Gasteiger partial charge in [-0.3, -0.25) is 0 Å². The topological polar surface area (TPSA) is 36.9 Å². The average Bonchev–Trinajstić information content (AvgIpc) is 2.38. The summed E-state index contributed by atoms with van der Waals surface area (Å²) in [5, 5.41) is 0. The molecule has 4 nitrogen and oxygen atoms in total. The quantitative estimate of drug-likeness (QED) is 0.540. The van der Waals surface area contributed by atoms with Gasteiger partial charge in [0.05, 0.1) is 14.2 Å². The largest absolute Gasteiger partial charge is 0.515 e. The Morgan fingerprint density at radius 2 is 1.63 bits per heavy atom. The fraction of sp³-hybridized carbons (Fsp3) is 0.571. The van der Waals surface area contributed by atoms with Gasteiger partial charge in [-0.2, -0.15) is 0 Å². The van der Waals surface area contributed by atoms with Gasteiger partial charge in [0.15, 0.2) is 17.2 Å². The van der Waals surface area contributed by atoms with E-state index < -0.39 is 8.56 Å². The first-order chi connectivity index (χ1) is 9.04. The lowest BCUT2D eigenvalue weighted by Crippen LogP contribution is -2.38. The van der Waals surface area contributed by atoms with Crippen LogP contribution in [0.3, 0.4) is 0 Å². The van der Waals surface area contributed by atoms with Gasteiger partial charge in [0.2, 0.25) is 0 Å². The number of rotatable bonds is 8. The van der Waals surface area contributed by atoms with Gasteiger partial charge < -0.3 is 18.3 Å². The van der Waals surface area contributed by atoms with Gasteiger partial charge in [0.25, 0.3) is 0 Å². The Hall–Kier alpha value is -1.20. The zero-order chi connectivity index (χ0) is 14.3. The Bertz CT molecular complexity index is 371. The van der Waals surface area contributed by atoms with E-state index in [0.29, 0.717) is 17.2 Å². The first-order valence-corrected chi connectivity index (χ1v) is 9.39. The van der Waals surface area contributed by atoms with E-state index >= 15 is 0 Å². The standard InChI is InChI=1S/C14H24O4Si/c1-6-7-11-17-19(4,5)18-14-12(15-2)9-8-10-13(14)16-3/h8-10H,6-7,11H2,1-5H3. The van der Waals surface area contributed by atoms with Gasteiger partial charge in [-0.25, -0.2) is 0 Å². The Kier molecular flexibility index (Phi) is 6.18. The average molecular weight is 284 g/mol. The number of benzene rings is 1. The predicted octanol–water partition coefficient (Wildman–Crippen LogP) is 3.60. The summed E-state index contributed by atoms with van der Waals surface area (Å²) in [6, 6.07) is 5.58. The number of hydrogen-bond donors (Lipinski definition) is 0. The van der Waals surface area contributed by atoms with Gasteiger partial charge in [-0.1, -0.05) is 19.4 Å². The molecule has 0 saturated carbocycles. The van der Waals surface area contributed by atoms with E-state index in [1.807, 2.05) is 31.3 Å². The maximum Gasteiger partial charge on any atom is 0.392 e. The molecule has 0 radical (unpaired) electrons. The Morgan fingerprint density at radius 1 is 1.05 bits per heavy atom. The van der Waals surface area contributed by atoms with Crippen molar-refractivity contribution in [3.05, 3.63) is 18.2 Å². The van der Waals surface area contributed by atoms with Crippen molar-refractivity contribution in [1.29, 1.82) is 0 Å². The summed E-state index contributed by atoms with van der Waals surface area (Å²) >= 11 is 0. The zero-order valence-corrected chi connectivity index (χ0v) is 13.5. The Morgan fingerprint density at radius 3 is 2.11 bits per heavy atom. The number of methoxy groups -OCH3 is 2. The van der Waals surface area contributed by atoms with Gasteiger partial charge in [-0.15, -0.1) is 0 Å². The van der Waals surface area contributed by atoms with Crippen LogP contribution in [0, 0.1) is 0 Å². The molecule has 0 unspecified atom stereocenters. The third-order valence-electron chi connectivity index (χ3n) is 2.68. The molecule has 0 N–H and O–H groups in total. The second kappa shape index (κ2) is 7.40. The number of unbranched alkanes of at least 4 members (excludes halogenated alkanes) is 1. The summed E-state index contributed by atoms with van der Waals surface area (Å²) in [6.07, 6.45) is 2.16. The van der Waals surface area contributed by atoms with Gasteiger partial charge in [-0.05, 0) is 31.6 Å². The predicted molar refractivity (Wildman–Crippen MR) is 78.5 cm³/mol. The molecule has 0 aliphatic heterocycles. The summed E-state index contributed by atoms with van der Waals surface area (Å²) in [5.74, 6) is 1.96. The normalized spacial score (nSPS) is 11.2. The molecule has 1 aromatic rings. The molecule has 1 aromatic carbocycles. The second-order valence-electron chi connectivity index (χ2n) is 4.70. The fourth-order valence-corrected chi connectivity index (χ4v) is 3.04. The highest BCUT2D eigenvalue weighted by molar-refractivity contribution is 6.65. The molecule has 108 valence electrons. The van der Waals surface area contributed by atoms with Crippen molar-refractivity contribution in [3.8, 4) is 17.2 Å². The monoisotopic (exact) mass is 284 g/mol. The van der Waals surface area contributed by atoms with Crippen LogP contribution in [0.1, 0.15) is 19.8 Å². The SMILES string of the molecule is CCCCO[Si](C)(C)Oc1c(OC)cccc1OC. The first kappa shape index (κ1) is 15.9. The minimum absolute atomic E-state index is 0.626. The van der Waals surface area contributed by atoms with E-state index in [1.54, 1.807) is 14.2 Å². The number of para-hydroxylation sites is 1. The zero-order valence-electron chi connectivity index (χ0n) is 12.5. The molecule has 0 aromatic heterocycles. The molecule has 0 aliphatic rings. The lowest BCUT2D eigenvalue weighted by molar-refractivity contribution is 0.236. The highest BCUT2D eigenvalue weighted by Gasteiger charge is 2.29. The summed E-state index contributed by atoms with van der Waals surface area (Å²) in [5.41, 5.74) is 0. The van der Waals surface area contributed by atoms with Crippen molar-refractivity contribution in [2.75, 3.05) is 20.8 Å². The van der Waals surface area contributed by atoms with Crippen molar-refractivity contribution in [1.82, 2.24) is 0 Å². The maximum absolute atomic E-state index is 6.06.